The van der Waals surface area contributed by atoms with Crippen LogP contribution in [0.15, 0.2) is 22.8 Å². The number of fused-ring (bicyclic) bond motifs is 1. The number of hydrogen-bond acceptors (Lipinski definition) is 0. The second-order valence-electron chi connectivity index (χ2n) is 4.82. The summed E-state index contributed by atoms with van der Waals surface area (Å²) in [6.45, 7) is 0. The Balaban J connectivity index is 3.11. The average Bonchev–Trinajstić information content (AvgIpc) is 2.39. The molecular formula is C10F14. The van der Waals surface area contributed by atoms with Crippen molar-refractivity contribution in [2.45, 2.75) is 35.5 Å². The van der Waals surface area contributed by atoms with E-state index in [0.29, 0.717) is 0 Å². The molecule has 0 N–H and O–H groups in total. The van der Waals surface area contributed by atoms with E-state index in [1.54, 1.807) is 0 Å². The van der Waals surface area contributed by atoms with Crippen LogP contribution < -0.4 is 0 Å². The summed E-state index contributed by atoms with van der Waals surface area (Å²) in [4.78, 5) is 0. The van der Waals surface area contributed by atoms with Gasteiger partial charge in [0.1, 0.15) is 0 Å². The van der Waals surface area contributed by atoms with Crippen molar-refractivity contribution < 1.29 is 61.5 Å². The van der Waals surface area contributed by atoms with Crippen molar-refractivity contribution in [2.24, 2.45) is 0 Å². The van der Waals surface area contributed by atoms with Gasteiger partial charge in [-0.05, 0) is 0 Å². The number of rotatable bonds is 0. The van der Waals surface area contributed by atoms with Gasteiger partial charge < -0.3 is 0 Å². The first-order valence-electron chi connectivity index (χ1n) is 5.40. The van der Waals surface area contributed by atoms with Crippen molar-refractivity contribution in [1.82, 2.24) is 0 Å². The lowest BCUT2D eigenvalue weighted by molar-refractivity contribution is -0.319. The van der Waals surface area contributed by atoms with Crippen LogP contribution in [0.3, 0.4) is 0 Å². The molecule has 2 rings (SSSR count). The van der Waals surface area contributed by atoms with Gasteiger partial charge in [0.2, 0.25) is 0 Å². The molecule has 0 saturated heterocycles. The van der Waals surface area contributed by atoms with Crippen LogP contribution in [-0.2, 0) is 0 Å². The third kappa shape index (κ3) is 1.57. The van der Waals surface area contributed by atoms with E-state index in [0.717, 1.165) is 0 Å². The molecule has 14 heteroatoms. The number of halogens is 14. The number of alkyl halides is 12. The molecule has 24 heavy (non-hydrogen) atoms. The zero-order chi connectivity index (χ0) is 19.3. The second-order valence-corrected chi connectivity index (χ2v) is 4.82. The van der Waals surface area contributed by atoms with E-state index in [1.807, 2.05) is 0 Å². The van der Waals surface area contributed by atoms with Crippen LogP contribution in [0.25, 0.3) is 0 Å². The van der Waals surface area contributed by atoms with Gasteiger partial charge >= 0.3 is 35.5 Å². The summed E-state index contributed by atoms with van der Waals surface area (Å²) in [5.41, 5.74) is -7.87. The van der Waals surface area contributed by atoms with Gasteiger partial charge in [-0.15, -0.1) is 0 Å². The molecule has 0 aliphatic heterocycles. The highest BCUT2D eigenvalue weighted by atomic mass is 19.4. The monoisotopic (exact) mass is 386 g/mol. The molecule has 2 aliphatic rings. The van der Waals surface area contributed by atoms with Crippen LogP contribution in [0.4, 0.5) is 61.5 Å². The van der Waals surface area contributed by atoms with Gasteiger partial charge in [-0.3, -0.25) is 0 Å². The van der Waals surface area contributed by atoms with E-state index in [2.05, 4.69) is 0 Å². The Morgan fingerprint density at radius 2 is 0.583 bits per heavy atom. The maximum Gasteiger partial charge on any atom is 0.383 e. The first-order valence-corrected chi connectivity index (χ1v) is 5.40. The zero-order valence-electron chi connectivity index (χ0n) is 10.3. The van der Waals surface area contributed by atoms with Crippen molar-refractivity contribution in [2.75, 3.05) is 0 Å². The highest BCUT2D eigenvalue weighted by Gasteiger charge is 2.88. The Kier molecular flexibility index (Phi) is 3.28. The Labute approximate surface area is 121 Å². The molecule has 0 bridgehead atoms. The first kappa shape index (κ1) is 18.8. The quantitative estimate of drug-likeness (QED) is 0.498. The summed E-state index contributed by atoms with van der Waals surface area (Å²) in [5.74, 6) is -49.8. The predicted molar refractivity (Wildman–Crippen MR) is 45.9 cm³/mol. The average molecular weight is 386 g/mol. The molecule has 0 heterocycles. The smallest absolute Gasteiger partial charge is 0.204 e. The van der Waals surface area contributed by atoms with E-state index in [1.165, 1.54) is 0 Å². The third-order valence-electron chi connectivity index (χ3n) is 3.45. The second kappa shape index (κ2) is 4.18. The minimum Gasteiger partial charge on any atom is -0.204 e. The van der Waals surface area contributed by atoms with Crippen molar-refractivity contribution in [3.8, 4) is 0 Å². The molecular weight excluding hydrogens is 386 g/mol. The van der Waals surface area contributed by atoms with Gasteiger partial charge in [-0.2, -0.15) is 52.7 Å². The van der Waals surface area contributed by atoms with E-state index in [4.69, 9.17) is 0 Å². The fraction of sp³-hybridized carbons (Fsp3) is 0.600. The van der Waals surface area contributed by atoms with Crippen LogP contribution in [0.2, 0.25) is 0 Å². The van der Waals surface area contributed by atoms with Crippen LogP contribution >= 0.6 is 0 Å². The van der Waals surface area contributed by atoms with Crippen molar-refractivity contribution in [1.29, 1.82) is 0 Å². The highest BCUT2D eigenvalue weighted by molar-refractivity contribution is 5.58. The Morgan fingerprint density at radius 3 is 0.792 bits per heavy atom. The Bertz CT molecular complexity index is 605. The van der Waals surface area contributed by atoms with Gasteiger partial charge in [-0.25, -0.2) is 8.78 Å². The lowest BCUT2D eigenvalue weighted by Crippen LogP contribution is -2.67. The third-order valence-corrected chi connectivity index (χ3v) is 3.45. The summed E-state index contributed by atoms with van der Waals surface area (Å²) in [5, 5.41) is 0. The number of allylic oxidation sites excluding steroid dienone is 4. The van der Waals surface area contributed by atoms with Crippen LogP contribution in [0.1, 0.15) is 0 Å². The van der Waals surface area contributed by atoms with Gasteiger partial charge in [-0.1, -0.05) is 0 Å². The van der Waals surface area contributed by atoms with Gasteiger partial charge in [0.25, 0.3) is 0 Å². The molecule has 0 atom stereocenters. The summed E-state index contributed by atoms with van der Waals surface area (Å²) in [7, 11) is 0. The Hall–Kier alpha value is -1.50. The van der Waals surface area contributed by atoms with Crippen LogP contribution in [-0.4, -0.2) is 35.5 Å². The molecule has 0 spiro atoms. The molecule has 0 amide bonds. The van der Waals surface area contributed by atoms with Gasteiger partial charge in [0.05, 0.1) is 11.1 Å². The molecule has 0 fully saturated rings. The normalized spacial score (nSPS) is 31.8. The molecule has 0 aromatic carbocycles. The van der Waals surface area contributed by atoms with Crippen LogP contribution in [0, 0.1) is 0 Å². The Morgan fingerprint density at radius 1 is 0.375 bits per heavy atom. The van der Waals surface area contributed by atoms with Crippen molar-refractivity contribution in [3.63, 3.8) is 0 Å². The number of hydrogen-bond donors (Lipinski definition) is 0. The molecule has 138 valence electrons. The van der Waals surface area contributed by atoms with E-state index in [9.17, 15) is 61.5 Å². The highest BCUT2D eigenvalue weighted by Crippen LogP contribution is 2.68. The predicted octanol–water partition coefficient (Wildman–Crippen LogP) is 5.27. The largest absolute Gasteiger partial charge is 0.383 e. The summed E-state index contributed by atoms with van der Waals surface area (Å²) in [6.07, 6.45) is 0. The van der Waals surface area contributed by atoms with Crippen LogP contribution in [0.5, 0.6) is 0 Å². The van der Waals surface area contributed by atoms with Crippen molar-refractivity contribution >= 4 is 0 Å². The standard InChI is InChI=1S/C10F14/c11-3-1-2(6(15,16)10(23,24)7(3,17)18)4(12)8(19,20)9(21,22)5(1,13)14. The SMILES string of the molecule is FC1=C2C(=C(F)C(F)(F)C(F)(F)C2(F)F)C(F)(F)C(F)(F)C1(F)F. The first-order chi connectivity index (χ1) is 10.3. The summed E-state index contributed by atoms with van der Waals surface area (Å²) in [6, 6.07) is 0. The molecule has 0 nitrogen and oxygen atoms in total. The maximum absolute atomic E-state index is 13.3. The lowest BCUT2D eigenvalue weighted by Gasteiger charge is -2.45. The summed E-state index contributed by atoms with van der Waals surface area (Å²) < 4.78 is 184. The van der Waals surface area contributed by atoms with Gasteiger partial charge in [0, 0.05) is 0 Å². The summed E-state index contributed by atoms with van der Waals surface area (Å²) >= 11 is 0. The fourth-order valence-electron chi connectivity index (χ4n) is 2.11. The van der Waals surface area contributed by atoms with E-state index < -0.39 is 58.3 Å². The van der Waals surface area contributed by atoms with E-state index in [-0.39, 0.29) is 0 Å². The maximum atomic E-state index is 13.3. The minimum absolute atomic E-state index is 3.93. The minimum atomic E-state index is -6.99. The van der Waals surface area contributed by atoms with Crippen molar-refractivity contribution in [3.05, 3.63) is 22.8 Å². The molecule has 2 aliphatic carbocycles. The molecule has 0 aromatic heterocycles. The zero-order valence-corrected chi connectivity index (χ0v) is 10.3. The molecule has 0 radical (unpaired) electrons. The topological polar surface area (TPSA) is 0 Å². The molecule has 0 unspecified atom stereocenters. The fourth-order valence-corrected chi connectivity index (χ4v) is 2.11. The lowest BCUT2D eigenvalue weighted by atomic mass is 9.73. The molecule has 0 saturated carbocycles. The van der Waals surface area contributed by atoms with Gasteiger partial charge in [0.15, 0.2) is 11.7 Å². The molecule has 0 aromatic rings. The van der Waals surface area contributed by atoms with E-state index >= 15 is 0 Å².